The number of nitrogens with zero attached hydrogens (tertiary/aromatic N) is 2. The Morgan fingerprint density at radius 1 is 0.698 bits per heavy atom. The van der Waals surface area contributed by atoms with Gasteiger partial charge in [-0.15, -0.1) is 0 Å². The fraction of sp³-hybridized carbons (Fsp3) is 0.150. The van der Waals surface area contributed by atoms with Crippen LogP contribution in [0.1, 0.15) is 35.3 Å². The summed E-state index contributed by atoms with van der Waals surface area (Å²) >= 11 is 0. The summed E-state index contributed by atoms with van der Waals surface area (Å²) in [6.45, 7) is 0. The lowest BCUT2D eigenvalue weighted by atomic mass is 9.80. The molecule has 0 aliphatic heterocycles. The molecule has 0 saturated heterocycles. The molecule has 3 nitrogen and oxygen atoms in total. The number of furan rings is 1. The first kappa shape index (κ1) is 24.6. The molecule has 0 spiro atoms. The van der Waals surface area contributed by atoms with Gasteiger partial charge in [0.05, 0.1) is 22.9 Å². The van der Waals surface area contributed by atoms with E-state index in [0.29, 0.717) is 11.8 Å². The van der Waals surface area contributed by atoms with Crippen molar-refractivity contribution >= 4 is 44.9 Å². The lowest BCUT2D eigenvalue weighted by Crippen LogP contribution is -2.16. The first-order chi connectivity index (χ1) is 21.3. The molecule has 2 heterocycles. The number of hydrogen-bond donors (Lipinski definition) is 0. The van der Waals surface area contributed by atoms with E-state index in [1.54, 1.807) is 0 Å². The minimum atomic E-state index is 0.500. The summed E-state index contributed by atoms with van der Waals surface area (Å²) in [4.78, 5) is 10.2. The van der Waals surface area contributed by atoms with Crippen molar-refractivity contribution in [1.29, 1.82) is 0 Å². The Labute approximate surface area is 250 Å². The fourth-order valence-corrected chi connectivity index (χ4v) is 7.28. The number of aryl methyl sites for hydroxylation is 1. The van der Waals surface area contributed by atoms with Gasteiger partial charge in [-0.1, -0.05) is 97.1 Å². The topological polar surface area (TPSA) is 38.9 Å². The SMILES string of the molecule is C1=CCC(C2C=Cc3oc4ccc(-c5ccc(-c6cnc7c(n6)c6c(c8ccccc87)CCC=C6)cc5)cc4c3C2)C=C1. The molecule has 0 radical (unpaired) electrons. The summed E-state index contributed by atoms with van der Waals surface area (Å²) in [5.74, 6) is 2.06. The molecule has 0 bridgehead atoms. The van der Waals surface area contributed by atoms with Crippen molar-refractivity contribution < 1.29 is 4.42 Å². The average molecular weight is 555 g/mol. The van der Waals surface area contributed by atoms with E-state index in [1.165, 1.54) is 44.0 Å². The van der Waals surface area contributed by atoms with Crippen molar-refractivity contribution in [3.05, 3.63) is 132 Å². The molecule has 3 aliphatic carbocycles. The molecule has 0 amide bonds. The third kappa shape index (κ3) is 4.03. The van der Waals surface area contributed by atoms with Crippen molar-refractivity contribution in [2.45, 2.75) is 25.7 Å². The molecule has 2 atom stereocenters. The molecule has 9 rings (SSSR count). The van der Waals surface area contributed by atoms with Gasteiger partial charge in [-0.3, -0.25) is 4.98 Å². The van der Waals surface area contributed by atoms with Crippen LogP contribution < -0.4 is 0 Å². The number of rotatable bonds is 3. The highest BCUT2D eigenvalue weighted by atomic mass is 16.3. The number of benzene rings is 4. The molecule has 3 heteroatoms. The maximum atomic E-state index is 6.26. The standard InChI is InChI=1S/C40H30N2O/c1-2-8-25(9-3-1)28-18-20-37-34(22-28)35-23-29(19-21-38(35)43-37)26-14-16-27(17-15-26)36-24-41-39-32-12-6-4-10-30(32)31-11-5-7-13-33(31)40(39)42-36/h1-4,6-8,10,12-21,23-25,28H,5,9,11,22H2. The second-order valence-electron chi connectivity index (χ2n) is 12.0. The first-order valence-corrected chi connectivity index (χ1v) is 15.3. The predicted octanol–water partition coefficient (Wildman–Crippen LogP) is 10.1. The van der Waals surface area contributed by atoms with Crippen LogP contribution in [0.2, 0.25) is 0 Å². The van der Waals surface area contributed by atoms with Crippen molar-refractivity contribution in [3.63, 3.8) is 0 Å². The zero-order valence-corrected chi connectivity index (χ0v) is 23.8. The molecule has 6 aromatic rings. The maximum absolute atomic E-state index is 6.26. The molecule has 43 heavy (non-hydrogen) atoms. The minimum absolute atomic E-state index is 0.500. The number of fused-ring (bicyclic) bond motifs is 9. The minimum Gasteiger partial charge on any atom is -0.456 e. The van der Waals surface area contributed by atoms with Gasteiger partial charge in [0, 0.05) is 27.5 Å². The third-order valence-electron chi connectivity index (χ3n) is 9.54. The molecule has 2 unspecified atom stereocenters. The number of hydrogen-bond acceptors (Lipinski definition) is 3. The van der Waals surface area contributed by atoms with Crippen LogP contribution in [0.25, 0.3) is 67.3 Å². The summed E-state index contributed by atoms with van der Waals surface area (Å²) in [6, 6.07) is 24.0. The lowest BCUT2D eigenvalue weighted by molar-refractivity contribution is 0.465. The highest BCUT2D eigenvalue weighted by Crippen LogP contribution is 2.39. The zero-order chi connectivity index (χ0) is 28.3. The van der Waals surface area contributed by atoms with Crippen LogP contribution in [0.4, 0.5) is 0 Å². The molecule has 3 aliphatic rings. The molecule has 0 N–H and O–H groups in total. The first-order valence-electron chi connectivity index (χ1n) is 15.3. The summed E-state index contributed by atoms with van der Waals surface area (Å²) in [5, 5.41) is 3.71. The summed E-state index contributed by atoms with van der Waals surface area (Å²) < 4.78 is 6.26. The Balaban J connectivity index is 1.06. The van der Waals surface area contributed by atoms with E-state index in [0.717, 1.165) is 59.3 Å². The van der Waals surface area contributed by atoms with Gasteiger partial charge in [-0.25, -0.2) is 4.98 Å². The van der Waals surface area contributed by atoms with Gasteiger partial charge in [0.25, 0.3) is 0 Å². The summed E-state index contributed by atoms with van der Waals surface area (Å²) in [5.41, 5.74) is 11.2. The Morgan fingerprint density at radius 3 is 2.44 bits per heavy atom. The molecule has 0 saturated carbocycles. The normalized spacial score (nSPS) is 18.9. The summed E-state index contributed by atoms with van der Waals surface area (Å²) in [6.07, 6.45) is 24.1. The fourth-order valence-electron chi connectivity index (χ4n) is 7.28. The summed E-state index contributed by atoms with van der Waals surface area (Å²) in [7, 11) is 0. The van der Waals surface area contributed by atoms with Gasteiger partial charge in [-0.05, 0) is 77.8 Å². The molecular weight excluding hydrogens is 524 g/mol. The second-order valence-corrected chi connectivity index (χ2v) is 12.0. The van der Waals surface area contributed by atoms with Gasteiger partial charge in [-0.2, -0.15) is 0 Å². The van der Waals surface area contributed by atoms with Gasteiger partial charge in [0.2, 0.25) is 0 Å². The van der Waals surface area contributed by atoms with Gasteiger partial charge >= 0.3 is 0 Å². The number of allylic oxidation sites excluding steroid dienone is 6. The van der Waals surface area contributed by atoms with Crippen molar-refractivity contribution in [2.75, 3.05) is 0 Å². The second kappa shape index (κ2) is 9.78. The maximum Gasteiger partial charge on any atom is 0.135 e. The van der Waals surface area contributed by atoms with Gasteiger partial charge in [0.15, 0.2) is 0 Å². The molecule has 2 aromatic heterocycles. The monoisotopic (exact) mass is 554 g/mol. The van der Waals surface area contributed by atoms with Crippen molar-refractivity contribution in [3.8, 4) is 22.4 Å². The van der Waals surface area contributed by atoms with Gasteiger partial charge in [0.1, 0.15) is 11.3 Å². The van der Waals surface area contributed by atoms with Crippen LogP contribution in [-0.4, -0.2) is 9.97 Å². The molecular formula is C40H30N2O. The molecule has 4 aromatic carbocycles. The van der Waals surface area contributed by atoms with E-state index in [-0.39, 0.29) is 0 Å². The van der Waals surface area contributed by atoms with Gasteiger partial charge < -0.3 is 4.42 Å². The van der Waals surface area contributed by atoms with E-state index in [4.69, 9.17) is 14.4 Å². The van der Waals surface area contributed by atoms with E-state index in [1.807, 2.05) is 6.20 Å². The van der Waals surface area contributed by atoms with E-state index in [2.05, 4.69) is 115 Å². The van der Waals surface area contributed by atoms with Crippen molar-refractivity contribution in [1.82, 2.24) is 9.97 Å². The van der Waals surface area contributed by atoms with Crippen molar-refractivity contribution in [2.24, 2.45) is 11.8 Å². The Morgan fingerprint density at radius 2 is 1.56 bits per heavy atom. The number of aromatic nitrogens is 2. The van der Waals surface area contributed by atoms with Crippen LogP contribution >= 0.6 is 0 Å². The van der Waals surface area contributed by atoms with Crippen LogP contribution in [-0.2, 0) is 12.8 Å². The van der Waals surface area contributed by atoms with Crippen LogP contribution in [0.15, 0.2) is 114 Å². The lowest BCUT2D eigenvalue weighted by Gasteiger charge is -2.24. The third-order valence-corrected chi connectivity index (χ3v) is 9.54. The van der Waals surface area contributed by atoms with Crippen LogP contribution in [0, 0.1) is 11.8 Å². The largest absolute Gasteiger partial charge is 0.456 e. The quantitative estimate of drug-likeness (QED) is 0.204. The highest BCUT2D eigenvalue weighted by molar-refractivity contribution is 6.10. The smallest absolute Gasteiger partial charge is 0.135 e. The average Bonchev–Trinajstić information content (AvgIpc) is 3.46. The molecule has 0 fully saturated rings. The Kier molecular flexibility index (Phi) is 5.59. The van der Waals surface area contributed by atoms with Crippen LogP contribution in [0.3, 0.4) is 0 Å². The van der Waals surface area contributed by atoms with E-state index >= 15 is 0 Å². The predicted molar refractivity (Wildman–Crippen MR) is 178 cm³/mol. The van der Waals surface area contributed by atoms with E-state index in [9.17, 15) is 0 Å². The van der Waals surface area contributed by atoms with E-state index < -0.39 is 0 Å². The van der Waals surface area contributed by atoms with Crippen LogP contribution in [0.5, 0.6) is 0 Å². The highest BCUT2D eigenvalue weighted by Gasteiger charge is 2.25. The molecule has 206 valence electrons. The Bertz CT molecular complexity index is 2190. The Hall–Kier alpha value is -5.02. The zero-order valence-electron chi connectivity index (χ0n) is 23.8.